The van der Waals surface area contributed by atoms with Gasteiger partial charge in [-0.1, -0.05) is 53.3 Å². The van der Waals surface area contributed by atoms with Crippen molar-refractivity contribution in [1.29, 1.82) is 0 Å². The van der Waals surface area contributed by atoms with Gasteiger partial charge in [0, 0.05) is 16.7 Å². The van der Waals surface area contributed by atoms with Gasteiger partial charge in [0.2, 0.25) is 0 Å². The highest BCUT2D eigenvalue weighted by molar-refractivity contribution is 7.99. The summed E-state index contributed by atoms with van der Waals surface area (Å²) in [4.78, 5) is 26.5. The standard InChI is InChI=1S/C19H25N3O3S/c1-18(2,3)12-7-11(8-13(16(12)25)19(4,5)6)14(23)10-26-17-21-15(24)9-20-22-17/h7-9,25H,10H2,1-6H3,(H,21,22,24). The summed E-state index contributed by atoms with van der Waals surface area (Å²) in [6.07, 6.45) is 1.08. The van der Waals surface area contributed by atoms with Gasteiger partial charge in [-0.2, -0.15) is 5.10 Å². The summed E-state index contributed by atoms with van der Waals surface area (Å²) in [6.45, 7) is 12.0. The summed E-state index contributed by atoms with van der Waals surface area (Å²) in [6, 6.07) is 3.51. The molecule has 1 aromatic carbocycles. The molecule has 1 aromatic heterocycles. The Labute approximate surface area is 157 Å². The number of phenolic OH excluding ortho intramolecular Hbond substituents is 1. The van der Waals surface area contributed by atoms with Crippen LogP contribution in [-0.2, 0) is 10.8 Å². The van der Waals surface area contributed by atoms with Gasteiger partial charge in [0.25, 0.3) is 5.56 Å². The Morgan fingerprint density at radius 3 is 2.12 bits per heavy atom. The fraction of sp³-hybridized carbons (Fsp3) is 0.474. The number of aromatic amines is 1. The number of phenols is 1. The van der Waals surface area contributed by atoms with E-state index < -0.39 is 0 Å². The average Bonchev–Trinajstić information content (AvgIpc) is 2.50. The molecule has 2 N–H and O–H groups in total. The van der Waals surface area contributed by atoms with Gasteiger partial charge in [-0.05, 0) is 23.0 Å². The molecule has 2 rings (SSSR count). The molecule has 0 spiro atoms. The highest BCUT2D eigenvalue weighted by Crippen LogP contribution is 2.40. The monoisotopic (exact) mass is 375 g/mol. The summed E-state index contributed by atoms with van der Waals surface area (Å²) in [5, 5.41) is 18.4. The second-order valence-electron chi connectivity index (χ2n) is 8.27. The number of benzene rings is 1. The molecular weight excluding hydrogens is 350 g/mol. The molecule has 0 aliphatic rings. The van der Waals surface area contributed by atoms with Crippen molar-refractivity contribution in [3.8, 4) is 5.75 Å². The predicted molar refractivity (Wildman–Crippen MR) is 103 cm³/mol. The SMILES string of the molecule is CC(C)(C)c1cc(C(=O)CSc2nncc(=O)[nH]2)cc(C(C)(C)C)c1O. The van der Waals surface area contributed by atoms with E-state index in [-0.39, 0.29) is 33.7 Å². The van der Waals surface area contributed by atoms with Gasteiger partial charge in [-0.3, -0.25) is 14.6 Å². The average molecular weight is 375 g/mol. The first-order valence-electron chi connectivity index (χ1n) is 8.35. The van der Waals surface area contributed by atoms with Crippen LogP contribution in [0.3, 0.4) is 0 Å². The summed E-state index contributed by atoms with van der Waals surface area (Å²) < 4.78 is 0. The van der Waals surface area contributed by atoms with Crippen LogP contribution in [0.5, 0.6) is 5.75 Å². The Hall–Kier alpha value is -2.15. The molecule has 0 aliphatic heterocycles. The Bertz CT molecular complexity index is 842. The largest absolute Gasteiger partial charge is 0.507 e. The van der Waals surface area contributed by atoms with E-state index in [1.54, 1.807) is 12.1 Å². The lowest BCUT2D eigenvalue weighted by molar-refractivity contribution is 0.102. The highest BCUT2D eigenvalue weighted by atomic mass is 32.2. The Morgan fingerprint density at radius 2 is 1.65 bits per heavy atom. The number of carbonyl (C=O) groups is 1. The van der Waals surface area contributed by atoms with Gasteiger partial charge in [0.15, 0.2) is 10.9 Å². The molecular formula is C19H25N3O3S. The highest BCUT2D eigenvalue weighted by Gasteiger charge is 2.27. The van der Waals surface area contributed by atoms with Crippen molar-refractivity contribution < 1.29 is 9.90 Å². The fourth-order valence-electron chi connectivity index (χ4n) is 2.52. The van der Waals surface area contributed by atoms with E-state index >= 15 is 0 Å². The summed E-state index contributed by atoms with van der Waals surface area (Å²) in [5.74, 6) is 0.261. The maximum absolute atomic E-state index is 12.7. The minimum absolute atomic E-state index is 0.0995. The topological polar surface area (TPSA) is 95.9 Å². The molecule has 0 saturated heterocycles. The van der Waals surface area contributed by atoms with Crippen LogP contribution in [0.2, 0.25) is 0 Å². The van der Waals surface area contributed by atoms with Gasteiger partial charge in [-0.15, -0.1) is 5.10 Å². The molecule has 0 aliphatic carbocycles. The minimum atomic E-state index is -0.357. The van der Waals surface area contributed by atoms with Crippen molar-refractivity contribution in [3.05, 3.63) is 45.4 Å². The second-order valence-corrected chi connectivity index (χ2v) is 9.23. The predicted octanol–water partition coefficient (Wildman–Crippen LogP) is 3.44. The van der Waals surface area contributed by atoms with Crippen LogP contribution in [0.25, 0.3) is 0 Å². The van der Waals surface area contributed by atoms with Crippen LogP contribution < -0.4 is 5.56 Å². The lowest BCUT2D eigenvalue weighted by atomic mass is 9.78. The van der Waals surface area contributed by atoms with Crippen molar-refractivity contribution in [1.82, 2.24) is 15.2 Å². The molecule has 0 bridgehead atoms. The van der Waals surface area contributed by atoms with Crippen LogP contribution in [-0.4, -0.2) is 31.8 Å². The number of rotatable bonds is 4. The number of nitrogens with one attached hydrogen (secondary N) is 1. The van der Waals surface area contributed by atoms with Crippen LogP contribution in [0, 0.1) is 0 Å². The zero-order valence-electron chi connectivity index (χ0n) is 16.0. The van der Waals surface area contributed by atoms with E-state index in [0.29, 0.717) is 10.7 Å². The van der Waals surface area contributed by atoms with E-state index in [0.717, 1.165) is 29.1 Å². The van der Waals surface area contributed by atoms with Crippen molar-refractivity contribution in [2.45, 2.75) is 57.5 Å². The number of H-pyrrole nitrogens is 1. The number of ketones is 1. The number of carbonyl (C=O) groups excluding carboxylic acids is 1. The van der Waals surface area contributed by atoms with Crippen molar-refractivity contribution in [3.63, 3.8) is 0 Å². The molecule has 0 unspecified atom stereocenters. The molecule has 7 heteroatoms. The third kappa shape index (κ3) is 4.72. The van der Waals surface area contributed by atoms with Gasteiger partial charge in [-0.25, -0.2) is 0 Å². The van der Waals surface area contributed by atoms with E-state index in [2.05, 4.69) is 15.2 Å². The lowest BCUT2D eigenvalue weighted by Crippen LogP contribution is -2.19. The molecule has 0 fully saturated rings. The molecule has 0 radical (unpaired) electrons. The molecule has 2 aromatic rings. The van der Waals surface area contributed by atoms with Gasteiger partial charge in [0.1, 0.15) is 11.9 Å². The van der Waals surface area contributed by atoms with E-state index in [4.69, 9.17) is 0 Å². The third-order valence-electron chi connectivity index (χ3n) is 3.94. The van der Waals surface area contributed by atoms with Crippen LogP contribution in [0.1, 0.15) is 63.0 Å². The number of hydrogen-bond donors (Lipinski definition) is 2. The number of hydrogen-bond acceptors (Lipinski definition) is 6. The Morgan fingerprint density at radius 1 is 1.12 bits per heavy atom. The van der Waals surface area contributed by atoms with Gasteiger partial charge < -0.3 is 5.11 Å². The molecule has 140 valence electrons. The Kier molecular flexibility index (Phi) is 5.61. The van der Waals surface area contributed by atoms with E-state index in [1.165, 1.54) is 0 Å². The number of Topliss-reactive ketones (excluding diaryl/α,β-unsaturated/α-hetero) is 1. The number of aromatic hydroxyl groups is 1. The van der Waals surface area contributed by atoms with Gasteiger partial charge in [0.05, 0.1) is 5.75 Å². The molecule has 0 saturated carbocycles. The molecule has 0 amide bonds. The minimum Gasteiger partial charge on any atom is -0.507 e. The summed E-state index contributed by atoms with van der Waals surface area (Å²) in [7, 11) is 0. The van der Waals surface area contributed by atoms with Crippen LogP contribution in [0.15, 0.2) is 28.3 Å². The number of nitrogens with zero attached hydrogens (tertiary/aromatic N) is 2. The fourth-order valence-corrected chi connectivity index (χ4v) is 3.23. The molecule has 1 heterocycles. The maximum atomic E-state index is 12.7. The first-order valence-corrected chi connectivity index (χ1v) is 9.34. The van der Waals surface area contributed by atoms with Crippen molar-refractivity contribution >= 4 is 17.5 Å². The summed E-state index contributed by atoms with van der Waals surface area (Å²) >= 11 is 1.13. The zero-order valence-corrected chi connectivity index (χ0v) is 16.8. The van der Waals surface area contributed by atoms with Crippen molar-refractivity contribution in [2.75, 3.05) is 5.75 Å². The molecule has 6 nitrogen and oxygen atoms in total. The normalized spacial score (nSPS) is 12.2. The van der Waals surface area contributed by atoms with Gasteiger partial charge >= 0.3 is 0 Å². The smallest absolute Gasteiger partial charge is 0.270 e. The van der Waals surface area contributed by atoms with Crippen molar-refractivity contribution in [2.24, 2.45) is 0 Å². The van der Waals surface area contributed by atoms with Crippen LogP contribution in [0.4, 0.5) is 0 Å². The third-order valence-corrected chi connectivity index (χ3v) is 4.81. The van der Waals surface area contributed by atoms with E-state index in [1.807, 2.05) is 41.5 Å². The van der Waals surface area contributed by atoms with E-state index in [9.17, 15) is 14.7 Å². The van der Waals surface area contributed by atoms with Crippen LogP contribution >= 0.6 is 11.8 Å². The maximum Gasteiger partial charge on any atom is 0.270 e. The molecule has 26 heavy (non-hydrogen) atoms. The number of aromatic nitrogens is 3. The lowest BCUT2D eigenvalue weighted by Gasteiger charge is -2.28. The second kappa shape index (κ2) is 7.23. The Balaban J connectivity index is 2.38. The quantitative estimate of drug-likeness (QED) is 0.628. The first kappa shape index (κ1) is 20.2. The first-order chi connectivity index (χ1) is 11.9. The zero-order chi connectivity index (χ0) is 19.7. The molecule has 0 atom stereocenters. The summed E-state index contributed by atoms with van der Waals surface area (Å²) in [5.41, 5.74) is 1.06. The number of thioether (sulfide) groups is 1.